The standard InChI is InChI=1S/C20H21N3O6S2/c1-23(2)31(27,28)17-11-9-16(10-12-17)30(25,26)22-19-8-4-3-7-18(19)20(24)21-14-15-6-5-13-29-15/h3-13,22H,14H2,1-2H3,(H,21,24). The van der Waals surface area contributed by atoms with Crippen LogP contribution < -0.4 is 10.0 Å². The Morgan fingerprint density at radius 1 is 0.903 bits per heavy atom. The van der Waals surface area contributed by atoms with Crippen LogP contribution in [0, 0.1) is 0 Å². The van der Waals surface area contributed by atoms with E-state index in [0.29, 0.717) is 5.76 Å². The van der Waals surface area contributed by atoms with Crippen molar-refractivity contribution in [2.75, 3.05) is 18.8 Å². The van der Waals surface area contributed by atoms with Crippen LogP contribution in [0.15, 0.2) is 81.1 Å². The largest absolute Gasteiger partial charge is 0.467 e. The van der Waals surface area contributed by atoms with E-state index in [1.54, 1.807) is 24.3 Å². The molecule has 1 amide bonds. The topological polar surface area (TPSA) is 126 Å². The highest BCUT2D eigenvalue weighted by Crippen LogP contribution is 2.22. The van der Waals surface area contributed by atoms with Crippen LogP contribution in [0.3, 0.4) is 0 Å². The van der Waals surface area contributed by atoms with Crippen LogP contribution in [0.25, 0.3) is 0 Å². The normalized spacial score (nSPS) is 12.0. The lowest BCUT2D eigenvalue weighted by atomic mass is 10.1. The number of hydrogen-bond donors (Lipinski definition) is 2. The lowest BCUT2D eigenvalue weighted by molar-refractivity contribution is 0.0949. The number of rotatable bonds is 8. The molecule has 1 aromatic heterocycles. The fraction of sp³-hybridized carbons (Fsp3) is 0.150. The molecule has 0 saturated carbocycles. The Labute approximate surface area is 180 Å². The molecule has 0 atom stereocenters. The van der Waals surface area contributed by atoms with Crippen molar-refractivity contribution in [1.82, 2.24) is 9.62 Å². The maximum atomic E-state index is 12.8. The summed E-state index contributed by atoms with van der Waals surface area (Å²) in [7, 11) is -4.98. The second kappa shape index (κ2) is 8.92. The van der Waals surface area contributed by atoms with Crippen molar-refractivity contribution in [2.45, 2.75) is 16.3 Å². The van der Waals surface area contributed by atoms with Gasteiger partial charge in [0.2, 0.25) is 10.0 Å². The fourth-order valence-corrected chi connectivity index (χ4v) is 4.63. The summed E-state index contributed by atoms with van der Waals surface area (Å²) < 4.78 is 58.5. The number of carbonyl (C=O) groups is 1. The van der Waals surface area contributed by atoms with Crippen LogP contribution in [0.5, 0.6) is 0 Å². The highest BCUT2D eigenvalue weighted by molar-refractivity contribution is 7.92. The number of benzene rings is 2. The van der Waals surface area contributed by atoms with E-state index in [0.717, 1.165) is 4.31 Å². The molecule has 0 spiro atoms. The second-order valence-electron chi connectivity index (χ2n) is 6.67. The molecular formula is C20H21N3O6S2. The molecule has 9 nitrogen and oxygen atoms in total. The molecule has 0 aliphatic rings. The number of amides is 1. The summed E-state index contributed by atoms with van der Waals surface area (Å²) >= 11 is 0. The number of nitrogens with one attached hydrogen (secondary N) is 2. The fourth-order valence-electron chi connectivity index (χ4n) is 2.65. The molecule has 11 heteroatoms. The predicted octanol–water partition coefficient (Wildman–Crippen LogP) is 2.26. The Balaban J connectivity index is 1.81. The molecular weight excluding hydrogens is 442 g/mol. The van der Waals surface area contributed by atoms with Crippen LogP contribution in [0.2, 0.25) is 0 Å². The molecule has 0 radical (unpaired) electrons. The van der Waals surface area contributed by atoms with Gasteiger partial charge in [0.1, 0.15) is 5.76 Å². The Bertz CT molecular complexity index is 1270. The van der Waals surface area contributed by atoms with Gasteiger partial charge in [-0.25, -0.2) is 21.1 Å². The van der Waals surface area contributed by atoms with E-state index in [2.05, 4.69) is 10.0 Å². The summed E-state index contributed by atoms with van der Waals surface area (Å²) in [5, 5.41) is 2.66. The molecule has 3 aromatic rings. The molecule has 0 aliphatic carbocycles. The van der Waals surface area contributed by atoms with Crippen molar-refractivity contribution in [3.63, 3.8) is 0 Å². The summed E-state index contributed by atoms with van der Waals surface area (Å²) in [5.74, 6) is 0.0707. The Kier molecular flexibility index (Phi) is 6.48. The van der Waals surface area contributed by atoms with Crippen molar-refractivity contribution in [1.29, 1.82) is 0 Å². The molecule has 0 aliphatic heterocycles. The summed E-state index contributed by atoms with van der Waals surface area (Å²) in [6.07, 6.45) is 1.48. The van der Waals surface area contributed by atoms with E-state index in [9.17, 15) is 21.6 Å². The zero-order valence-electron chi connectivity index (χ0n) is 16.8. The maximum absolute atomic E-state index is 12.8. The van der Waals surface area contributed by atoms with Gasteiger partial charge in [-0.2, -0.15) is 0 Å². The lowest BCUT2D eigenvalue weighted by Gasteiger charge is -2.14. The monoisotopic (exact) mass is 463 g/mol. The van der Waals surface area contributed by atoms with Gasteiger partial charge in [0.25, 0.3) is 15.9 Å². The Hall–Kier alpha value is -3.15. The van der Waals surface area contributed by atoms with Crippen molar-refractivity contribution in [2.24, 2.45) is 0 Å². The van der Waals surface area contributed by atoms with Gasteiger partial charge in [0, 0.05) is 14.1 Å². The minimum atomic E-state index is -4.07. The van der Waals surface area contributed by atoms with Crippen LogP contribution in [0.4, 0.5) is 5.69 Å². The predicted molar refractivity (Wildman–Crippen MR) is 114 cm³/mol. The number of nitrogens with zero attached hydrogens (tertiary/aromatic N) is 1. The molecule has 2 aromatic carbocycles. The number of hydrogen-bond acceptors (Lipinski definition) is 6. The van der Waals surface area contributed by atoms with Gasteiger partial charge in [0.05, 0.1) is 33.8 Å². The second-order valence-corrected chi connectivity index (χ2v) is 10.5. The van der Waals surface area contributed by atoms with E-state index in [1.165, 1.54) is 56.8 Å². The zero-order valence-corrected chi connectivity index (χ0v) is 18.4. The molecule has 0 bridgehead atoms. The number of para-hydroxylation sites is 1. The van der Waals surface area contributed by atoms with E-state index >= 15 is 0 Å². The number of furan rings is 1. The summed E-state index contributed by atoms with van der Waals surface area (Å²) in [5.41, 5.74) is 0.217. The highest BCUT2D eigenvalue weighted by atomic mass is 32.2. The quantitative estimate of drug-likeness (QED) is 0.528. The molecule has 3 rings (SSSR count). The van der Waals surface area contributed by atoms with Gasteiger partial charge in [-0.3, -0.25) is 9.52 Å². The Morgan fingerprint density at radius 2 is 1.55 bits per heavy atom. The van der Waals surface area contributed by atoms with E-state index in [4.69, 9.17) is 4.42 Å². The van der Waals surface area contributed by atoms with Crippen molar-refractivity contribution in [3.05, 3.63) is 78.3 Å². The van der Waals surface area contributed by atoms with Gasteiger partial charge in [-0.05, 0) is 48.5 Å². The molecule has 0 fully saturated rings. The third-order valence-corrected chi connectivity index (χ3v) is 7.54. The zero-order chi connectivity index (χ0) is 22.6. The SMILES string of the molecule is CN(C)S(=O)(=O)c1ccc(S(=O)(=O)Nc2ccccc2C(=O)NCc2ccco2)cc1. The first-order chi connectivity index (χ1) is 14.6. The maximum Gasteiger partial charge on any atom is 0.261 e. The molecule has 31 heavy (non-hydrogen) atoms. The average Bonchev–Trinajstić information content (AvgIpc) is 3.26. The summed E-state index contributed by atoms with van der Waals surface area (Å²) in [4.78, 5) is 12.4. The highest BCUT2D eigenvalue weighted by Gasteiger charge is 2.21. The number of anilines is 1. The van der Waals surface area contributed by atoms with Crippen molar-refractivity contribution in [3.8, 4) is 0 Å². The van der Waals surface area contributed by atoms with Crippen LogP contribution >= 0.6 is 0 Å². The molecule has 2 N–H and O–H groups in total. The number of sulfonamides is 2. The van der Waals surface area contributed by atoms with E-state index < -0.39 is 26.0 Å². The molecule has 1 heterocycles. The van der Waals surface area contributed by atoms with Gasteiger partial charge >= 0.3 is 0 Å². The smallest absolute Gasteiger partial charge is 0.261 e. The lowest BCUT2D eigenvalue weighted by Crippen LogP contribution is -2.25. The Morgan fingerprint density at radius 3 is 2.16 bits per heavy atom. The van der Waals surface area contributed by atoms with Crippen molar-refractivity contribution < 1.29 is 26.0 Å². The third-order valence-electron chi connectivity index (χ3n) is 4.33. The summed E-state index contributed by atoms with van der Waals surface area (Å²) in [6, 6.07) is 14.4. The minimum absolute atomic E-state index is 0.0332. The molecule has 164 valence electrons. The molecule has 0 saturated heterocycles. The number of carbonyl (C=O) groups excluding carboxylic acids is 1. The first kappa shape index (κ1) is 22.5. The van der Waals surface area contributed by atoms with Crippen LogP contribution in [-0.4, -0.2) is 41.1 Å². The van der Waals surface area contributed by atoms with Crippen molar-refractivity contribution >= 4 is 31.6 Å². The van der Waals surface area contributed by atoms with Gasteiger partial charge < -0.3 is 9.73 Å². The first-order valence-electron chi connectivity index (χ1n) is 9.06. The van der Waals surface area contributed by atoms with Gasteiger partial charge in [-0.1, -0.05) is 12.1 Å². The molecule has 0 unspecified atom stereocenters. The summed E-state index contributed by atoms with van der Waals surface area (Å²) in [6.45, 7) is 0.148. The van der Waals surface area contributed by atoms with E-state index in [-0.39, 0.29) is 27.6 Å². The van der Waals surface area contributed by atoms with E-state index in [1.807, 2.05) is 0 Å². The van der Waals surface area contributed by atoms with Gasteiger partial charge in [-0.15, -0.1) is 0 Å². The minimum Gasteiger partial charge on any atom is -0.467 e. The first-order valence-corrected chi connectivity index (χ1v) is 12.0. The van der Waals surface area contributed by atoms with Gasteiger partial charge in [0.15, 0.2) is 0 Å². The third kappa shape index (κ3) is 5.13. The van der Waals surface area contributed by atoms with Crippen LogP contribution in [0.1, 0.15) is 16.1 Å². The average molecular weight is 464 g/mol. The van der Waals surface area contributed by atoms with Crippen LogP contribution in [-0.2, 0) is 26.6 Å².